The molecule has 0 aromatic rings. The first kappa shape index (κ1) is 12.8. The van der Waals surface area contributed by atoms with Gasteiger partial charge < -0.3 is 10.8 Å². The third-order valence-electron chi connectivity index (χ3n) is 0.932. The van der Waals surface area contributed by atoms with Crippen LogP contribution in [0.15, 0.2) is 12.2 Å². The van der Waals surface area contributed by atoms with Crippen molar-refractivity contribution in [1.82, 2.24) is 0 Å². The average molecular weight is 159 g/mol. The SMILES string of the molecule is C=C(C)C(N)=O.CCCCO. The number of carbonyl (C=O) groups is 1. The number of hydrogen-bond donors (Lipinski definition) is 2. The molecule has 0 atom stereocenters. The monoisotopic (exact) mass is 159 g/mol. The fraction of sp³-hybridized carbons (Fsp3) is 0.625. The van der Waals surface area contributed by atoms with Crippen LogP contribution in [0.1, 0.15) is 26.7 Å². The molecule has 0 aromatic heterocycles. The fourth-order valence-electron chi connectivity index (χ4n) is 0.158. The van der Waals surface area contributed by atoms with Crippen molar-refractivity contribution in [3.8, 4) is 0 Å². The smallest absolute Gasteiger partial charge is 0.243 e. The molecule has 0 aliphatic heterocycles. The van der Waals surface area contributed by atoms with Crippen molar-refractivity contribution in [1.29, 1.82) is 0 Å². The molecule has 3 nitrogen and oxygen atoms in total. The van der Waals surface area contributed by atoms with E-state index in [9.17, 15) is 4.79 Å². The van der Waals surface area contributed by atoms with Crippen molar-refractivity contribution in [2.75, 3.05) is 6.61 Å². The Hall–Kier alpha value is -0.830. The number of primary amides is 1. The predicted octanol–water partition coefficient (Wildman–Crippen LogP) is 0.827. The zero-order valence-electron chi connectivity index (χ0n) is 7.26. The molecule has 0 fully saturated rings. The maximum Gasteiger partial charge on any atom is 0.243 e. The van der Waals surface area contributed by atoms with Crippen LogP contribution in [-0.4, -0.2) is 17.6 Å². The van der Waals surface area contributed by atoms with Gasteiger partial charge in [-0.2, -0.15) is 0 Å². The molecule has 0 saturated heterocycles. The molecule has 0 aliphatic rings. The molecular formula is C8H17NO2. The molecule has 0 rings (SSSR count). The molecule has 3 N–H and O–H groups in total. The zero-order chi connectivity index (χ0) is 9.28. The number of unbranched alkanes of at least 4 members (excludes halogenated alkanes) is 1. The maximum absolute atomic E-state index is 9.82. The van der Waals surface area contributed by atoms with E-state index < -0.39 is 5.91 Å². The largest absolute Gasteiger partial charge is 0.396 e. The first-order valence-corrected chi connectivity index (χ1v) is 3.62. The van der Waals surface area contributed by atoms with E-state index in [1.165, 1.54) is 0 Å². The van der Waals surface area contributed by atoms with Crippen LogP contribution in [-0.2, 0) is 4.79 Å². The standard InChI is InChI=1S/C4H7NO.C4H10O/c1-3(2)4(5)6;1-2-3-4-5/h1H2,2H3,(H2,5,6);5H,2-4H2,1H3. The summed E-state index contributed by atoms with van der Waals surface area (Å²) in [6.45, 7) is 7.25. The van der Waals surface area contributed by atoms with Gasteiger partial charge in [0, 0.05) is 12.2 Å². The van der Waals surface area contributed by atoms with Gasteiger partial charge in [0.1, 0.15) is 0 Å². The van der Waals surface area contributed by atoms with Crippen LogP contribution in [0, 0.1) is 0 Å². The Morgan fingerprint density at radius 1 is 1.64 bits per heavy atom. The van der Waals surface area contributed by atoms with Crippen LogP contribution in [0.25, 0.3) is 0 Å². The van der Waals surface area contributed by atoms with E-state index in [1.807, 2.05) is 0 Å². The van der Waals surface area contributed by atoms with E-state index in [0.29, 0.717) is 12.2 Å². The second-order valence-electron chi connectivity index (χ2n) is 2.22. The highest BCUT2D eigenvalue weighted by molar-refractivity contribution is 5.90. The van der Waals surface area contributed by atoms with E-state index in [-0.39, 0.29) is 0 Å². The molecular weight excluding hydrogens is 142 g/mol. The van der Waals surface area contributed by atoms with Gasteiger partial charge in [-0.1, -0.05) is 19.9 Å². The summed E-state index contributed by atoms with van der Waals surface area (Å²) < 4.78 is 0. The lowest BCUT2D eigenvalue weighted by Gasteiger charge is -1.81. The molecule has 0 radical (unpaired) electrons. The highest BCUT2D eigenvalue weighted by atomic mass is 16.2. The predicted molar refractivity (Wildman–Crippen MR) is 46.0 cm³/mol. The lowest BCUT2D eigenvalue weighted by molar-refractivity contribution is -0.114. The first-order valence-electron chi connectivity index (χ1n) is 3.62. The van der Waals surface area contributed by atoms with Crippen LogP contribution < -0.4 is 5.73 Å². The molecule has 0 saturated carbocycles. The van der Waals surface area contributed by atoms with E-state index in [4.69, 9.17) is 10.8 Å². The van der Waals surface area contributed by atoms with Crippen molar-refractivity contribution in [3.63, 3.8) is 0 Å². The number of aliphatic hydroxyl groups is 1. The molecule has 0 aromatic carbocycles. The molecule has 0 aliphatic carbocycles. The molecule has 0 spiro atoms. The molecule has 66 valence electrons. The minimum atomic E-state index is -0.435. The third kappa shape index (κ3) is 17.6. The second-order valence-corrected chi connectivity index (χ2v) is 2.22. The van der Waals surface area contributed by atoms with Crippen LogP contribution >= 0.6 is 0 Å². The van der Waals surface area contributed by atoms with Gasteiger partial charge >= 0.3 is 0 Å². The van der Waals surface area contributed by atoms with Crippen molar-refractivity contribution in [3.05, 3.63) is 12.2 Å². The number of aliphatic hydroxyl groups excluding tert-OH is 1. The number of amides is 1. The first-order chi connectivity index (χ1) is 5.06. The van der Waals surface area contributed by atoms with E-state index >= 15 is 0 Å². The van der Waals surface area contributed by atoms with Crippen LogP contribution in [0.2, 0.25) is 0 Å². The maximum atomic E-state index is 9.82. The lowest BCUT2D eigenvalue weighted by atomic mass is 10.3. The topological polar surface area (TPSA) is 63.3 Å². The van der Waals surface area contributed by atoms with Gasteiger partial charge in [0.15, 0.2) is 0 Å². The molecule has 11 heavy (non-hydrogen) atoms. The zero-order valence-corrected chi connectivity index (χ0v) is 7.26. The van der Waals surface area contributed by atoms with Gasteiger partial charge in [-0.3, -0.25) is 4.79 Å². The summed E-state index contributed by atoms with van der Waals surface area (Å²) in [5, 5.41) is 8.07. The van der Waals surface area contributed by atoms with Crippen LogP contribution in [0.3, 0.4) is 0 Å². The Balaban J connectivity index is 0. The minimum Gasteiger partial charge on any atom is -0.396 e. The Kier molecular flexibility index (Phi) is 10.7. The normalized spacial score (nSPS) is 7.91. The van der Waals surface area contributed by atoms with E-state index in [2.05, 4.69) is 13.5 Å². The van der Waals surface area contributed by atoms with E-state index in [0.717, 1.165) is 12.8 Å². The van der Waals surface area contributed by atoms with Crippen LogP contribution in [0.5, 0.6) is 0 Å². The summed E-state index contributed by atoms with van der Waals surface area (Å²) in [5.74, 6) is -0.435. The number of nitrogens with two attached hydrogens (primary N) is 1. The summed E-state index contributed by atoms with van der Waals surface area (Å²) in [7, 11) is 0. The average Bonchev–Trinajstić information content (AvgIpc) is 1.90. The summed E-state index contributed by atoms with van der Waals surface area (Å²) in [6.07, 6.45) is 2.04. The van der Waals surface area contributed by atoms with Gasteiger partial charge in [0.2, 0.25) is 5.91 Å². The molecule has 0 heterocycles. The van der Waals surface area contributed by atoms with Crippen molar-refractivity contribution < 1.29 is 9.90 Å². The minimum absolute atomic E-state index is 0.344. The van der Waals surface area contributed by atoms with Gasteiger partial charge in [-0.05, 0) is 13.3 Å². The van der Waals surface area contributed by atoms with Gasteiger partial charge in [-0.25, -0.2) is 0 Å². The molecule has 0 unspecified atom stereocenters. The Bertz CT molecular complexity index is 107. The summed E-state index contributed by atoms with van der Waals surface area (Å²) >= 11 is 0. The lowest BCUT2D eigenvalue weighted by Crippen LogP contribution is -2.10. The Morgan fingerprint density at radius 2 is 2.00 bits per heavy atom. The van der Waals surface area contributed by atoms with Crippen LogP contribution in [0.4, 0.5) is 0 Å². The number of hydrogen-bond acceptors (Lipinski definition) is 2. The molecule has 3 heteroatoms. The quantitative estimate of drug-likeness (QED) is 0.599. The molecule has 0 bridgehead atoms. The highest BCUT2D eigenvalue weighted by Crippen LogP contribution is 1.79. The van der Waals surface area contributed by atoms with Gasteiger partial charge in [0.25, 0.3) is 0 Å². The second kappa shape index (κ2) is 9.17. The summed E-state index contributed by atoms with van der Waals surface area (Å²) in [4.78, 5) is 9.82. The van der Waals surface area contributed by atoms with E-state index in [1.54, 1.807) is 6.92 Å². The fourth-order valence-corrected chi connectivity index (χ4v) is 0.158. The van der Waals surface area contributed by atoms with Gasteiger partial charge in [0.05, 0.1) is 0 Å². The molecule has 1 amide bonds. The van der Waals surface area contributed by atoms with Crippen molar-refractivity contribution in [2.45, 2.75) is 26.7 Å². The third-order valence-corrected chi connectivity index (χ3v) is 0.932. The highest BCUT2D eigenvalue weighted by Gasteiger charge is 1.86. The van der Waals surface area contributed by atoms with Gasteiger partial charge in [-0.15, -0.1) is 0 Å². The van der Waals surface area contributed by atoms with Crippen molar-refractivity contribution >= 4 is 5.91 Å². The number of rotatable bonds is 3. The number of carbonyl (C=O) groups excluding carboxylic acids is 1. The Morgan fingerprint density at radius 3 is 2.00 bits per heavy atom. The Labute approximate surface area is 67.9 Å². The summed E-state index contributed by atoms with van der Waals surface area (Å²) in [6, 6.07) is 0. The summed E-state index contributed by atoms with van der Waals surface area (Å²) in [5.41, 5.74) is 5.09. The van der Waals surface area contributed by atoms with Crippen molar-refractivity contribution in [2.24, 2.45) is 5.73 Å².